The van der Waals surface area contributed by atoms with Gasteiger partial charge in [-0.3, -0.25) is 9.89 Å². The van der Waals surface area contributed by atoms with Gasteiger partial charge in [-0.25, -0.2) is 4.79 Å². The van der Waals surface area contributed by atoms with E-state index in [-0.39, 0.29) is 12.6 Å². The van der Waals surface area contributed by atoms with Crippen LogP contribution in [0.1, 0.15) is 0 Å². The highest BCUT2D eigenvalue weighted by Gasteiger charge is 2.24. The molecule has 0 unspecified atom stereocenters. The number of urea groups is 1. The lowest BCUT2D eigenvalue weighted by Crippen LogP contribution is -2.40. The normalized spacial score (nSPS) is 13.4. The van der Waals surface area contributed by atoms with Gasteiger partial charge in [0.25, 0.3) is 0 Å². The molecule has 0 spiro atoms. The number of nitrogens with one attached hydrogen (secondary N) is 1. The number of aliphatic imine (C=N–C) groups is 1. The minimum Gasteiger partial charge on any atom is -0.497 e. The van der Waals surface area contributed by atoms with Crippen molar-refractivity contribution in [3.05, 3.63) is 54.6 Å². The van der Waals surface area contributed by atoms with Crippen LogP contribution in [0.4, 0.5) is 10.5 Å². The number of amidine groups is 1. The van der Waals surface area contributed by atoms with E-state index in [0.29, 0.717) is 24.7 Å². The molecule has 0 saturated carbocycles. The molecule has 3 rings (SSSR count). The third-order valence-electron chi connectivity index (χ3n) is 3.61. The number of hydrogen-bond acceptors (Lipinski definition) is 4. The molecule has 0 aromatic heterocycles. The summed E-state index contributed by atoms with van der Waals surface area (Å²) in [5.41, 5.74) is 0.752. The van der Waals surface area contributed by atoms with E-state index in [2.05, 4.69) is 10.3 Å². The number of benzene rings is 2. The van der Waals surface area contributed by atoms with Crippen LogP contribution in [0.3, 0.4) is 0 Å². The van der Waals surface area contributed by atoms with Gasteiger partial charge in [0.15, 0.2) is 0 Å². The van der Waals surface area contributed by atoms with Crippen LogP contribution >= 0.6 is 0 Å². The predicted octanol–water partition coefficient (Wildman–Crippen LogP) is 3.02. The number of rotatable bonds is 5. The van der Waals surface area contributed by atoms with Crippen molar-refractivity contribution in [2.45, 2.75) is 0 Å². The Bertz CT molecular complexity index is 731. The second-order valence-electron chi connectivity index (χ2n) is 5.21. The van der Waals surface area contributed by atoms with Crippen LogP contribution in [0.5, 0.6) is 11.5 Å². The summed E-state index contributed by atoms with van der Waals surface area (Å²) in [6, 6.07) is 16.5. The predicted molar refractivity (Wildman–Crippen MR) is 93.0 cm³/mol. The summed E-state index contributed by atoms with van der Waals surface area (Å²) in [5.74, 6) is 2.01. The van der Waals surface area contributed by atoms with Gasteiger partial charge in [-0.15, -0.1) is 0 Å². The van der Waals surface area contributed by atoms with E-state index in [4.69, 9.17) is 9.47 Å². The number of para-hydroxylation sites is 1. The van der Waals surface area contributed by atoms with Crippen LogP contribution in [-0.2, 0) is 0 Å². The molecule has 1 aliphatic heterocycles. The lowest BCUT2D eigenvalue weighted by atomic mass is 10.3. The molecule has 1 aliphatic rings. The number of carbonyl (C=O) groups is 1. The molecule has 1 N–H and O–H groups in total. The van der Waals surface area contributed by atoms with Crippen LogP contribution < -0.4 is 14.8 Å². The lowest BCUT2D eigenvalue weighted by Gasteiger charge is -2.19. The highest BCUT2D eigenvalue weighted by Crippen LogP contribution is 2.19. The number of amides is 2. The zero-order valence-corrected chi connectivity index (χ0v) is 13.4. The minimum absolute atomic E-state index is 0.202. The topological polar surface area (TPSA) is 63.2 Å². The molecule has 2 amide bonds. The Labute approximate surface area is 140 Å². The molecule has 2 aromatic rings. The van der Waals surface area contributed by atoms with Crippen molar-refractivity contribution in [1.82, 2.24) is 4.90 Å². The average Bonchev–Trinajstić information content (AvgIpc) is 3.10. The smallest absolute Gasteiger partial charge is 0.327 e. The summed E-state index contributed by atoms with van der Waals surface area (Å²) in [4.78, 5) is 18.4. The second kappa shape index (κ2) is 7.50. The zero-order valence-electron chi connectivity index (χ0n) is 13.4. The molecule has 1 heterocycles. The highest BCUT2D eigenvalue weighted by atomic mass is 16.5. The van der Waals surface area contributed by atoms with Crippen molar-refractivity contribution in [3.63, 3.8) is 0 Å². The SMILES string of the molecule is COc1cccc(OCC2=NCCN2C(=O)Nc2ccccc2)c1. The maximum absolute atomic E-state index is 12.4. The van der Waals surface area contributed by atoms with Gasteiger partial charge in [-0.05, 0) is 24.3 Å². The Kier molecular flexibility index (Phi) is 4.96. The minimum atomic E-state index is -0.202. The third-order valence-corrected chi connectivity index (χ3v) is 3.61. The van der Waals surface area contributed by atoms with Gasteiger partial charge < -0.3 is 14.8 Å². The van der Waals surface area contributed by atoms with E-state index in [0.717, 1.165) is 11.4 Å². The van der Waals surface area contributed by atoms with Gasteiger partial charge in [0.1, 0.15) is 23.9 Å². The summed E-state index contributed by atoms with van der Waals surface area (Å²) in [6.07, 6.45) is 0. The van der Waals surface area contributed by atoms with Crippen molar-refractivity contribution in [1.29, 1.82) is 0 Å². The second-order valence-corrected chi connectivity index (χ2v) is 5.21. The Morgan fingerprint density at radius 2 is 1.96 bits per heavy atom. The van der Waals surface area contributed by atoms with Gasteiger partial charge in [0.05, 0.1) is 13.7 Å². The van der Waals surface area contributed by atoms with E-state index < -0.39 is 0 Å². The summed E-state index contributed by atoms with van der Waals surface area (Å²) in [6.45, 7) is 1.36. The Morgan fingerprint density at radius 1 is 1.17 bits per heavy atom. The van der Waals surface area contributed by atoms with Gasteiger partial charge in [-0.2, -0.15) is 0 Å². The number of ether oxygens (including phenoxy) is 2. The fraction of sp³-hybridized carbons (Fsp3) is 0.222. The Hall–Kier alpha value is -3.02. The first kappa shape index (κ1) is 15.9. The van der Waals surface area contributed by atoms with Crippen LogP contribution in [-0.4, -0.2) is 43.6 Å². The van der Waals surface area contributed by atoms with Gasteiger partial charge in [0, 0.05) is 18.3 Å². The van der Waals surface area contributed by atoms with Crippen molar-refractivity contribution in [2.75, 3.05) is 32.1 Å². The molecular weight excluding hydrogens is 306 g/mol. The molecule has 0 atom stereocenters. The molecule has 0 radical (unpaired) electrons. The lowest BCUT2D eigenvalue weighted by molar-refractivity contribution is 0.234. The van der Waals surface area contributed by atoms with Crippen LogP contribution in [0, 0.1) is 0 Å². The Balaban J connectivity index is 1.59. The first-order chi connectivity index (χ1) is 11.8. The van der Waals surface area contributed by atoms with Crippen molar-refractivity contribution >= 4 is 17.6 Å². The summed E-state index contributed by atoms with van der Waals surface area (Å²) in [7, 11) is 1.61. The van der Waals surface area contributed by atoms with Crippen LogP contribution in [0.2, 0.25) is 0 Å². The van der Waals surface area contributed by atoms with Crippen molar-refractivity contribution < 1.29 is 14.3 Å². The molecule has 0 saturated heterocycles. The fourth-order valence-corrected chi connectivity index (χ4v) is 2.39. The summed E-state index contributed by atoms with van der Waals surface area (Å²) < 4.78 is 10.9. The summed E-state index contributed by atoms with van der Waals surface area (Å²) >= 11 is 0. The number of nitrogens with zero attached hydrogens (tertiary/aromatic N) is 2. The maximum Gasteiger partial charge on any atom is 0.327 e. The number of anilines is 1. The highest BCUT2D eigenvalue weighted by molar-refractivity contribution is 6.04. The van der Waals surface area contributed by atoms with Crippen molar-refractivity contribution in [3.8, 4) is 11.5 Å². The third kappa shape index (κ3) is 3.84. The Morgan fingerprint density at radius 3 is 2.75 bits per heavy atom. The molecule has 0 aliphatic carbocycles. The summed E-state index contributed by atoms with van der Waals surface area (Å²) in [5, 5.41) is 2.86. The van der Waals surface area contributed by atoms with Crippen molar-refractivity contribution in [2.24, 2.45) is 4.99 Å². The molecule has 0 fully saturated rings. The molecule has 6 heteroatoms. The monoisotopic (exact) mass is 325 g/mol. The van der Waals surface area contributed by atoms with Gasteiger partial charge >= 0.3 is 6.03 Å². The maximum atomic E-state index is 12.4. The van der Waals surface area contributed by atoms with Crippen LogP contribution in [0.15, 0.2) is 59.6 Å². The molecular formula is C18H19N3O3. The first-order valence-electron chi connectivity index (χ1n) is 7.70. The first-order valence-corrected chi connectivity index (χ1v) is 7.70. The molecule has 24 heavy (non-hydrogen) atoms. The van der Waals surface area contributed by atoms with Gasteiger partial charge in [-0.1, -0.05) is 24.3 Å². The fourth-order valence-electron chi connectivity index (χ4n) is 2.39. The molecule has 2 aromatic carbocycles. The van der Waals surface area contributed by atoms with E-state index in [1.807, 2.05) is 48.5 Å². The van der Waals surface area contributed by atoms with E-state index in [9.17, 15) is 4.79 Å². The molecule has 0 bridgehead atoms. The van der Waals surface area contributed by atoms with Crippen LogP contribution in [0.25, 0.3) is 0 Å². The number of carbonyl (C=O) groups excluding carboxylic acids is 1. The average molecular weight is 325 g/mol. The number of methoxy groups -OCH3 is 1. The standard InChI is InChI=1S/C18H19N3O3/c1-23-15-8-5-9-16(12-15)24-13-17-19-10-11-21(17)18(22)20-14-6-3-2-4-7-14/h2-9,12H,10-11,13H2,1H3,(H,20,22). The van der Waals surface area contributed by atoms with E-state index >= 15 is 0 Å². The molecule has 6 nitrogen and oxygen atoms in total. The zero-order chi connectivity index (χ0) is 16.8. The number of hydrogen-bond donors (Lipinski definition) is 1. The van der Waals surface area contributed by atoms with Gasteiger partial charge in [0.2, 0.25) is 0 Å². The molecule has 124 valence electrons. The van der Waals surface area contributed by atoms with E-state index in [1.54, 1.807) is 18.1 Å². The largest absolute Gasteiger partial charge is 0.497 e. The van der Waals surface area contributed by atoms with E-state index in [1.165, 1.54) is 0 Å². The quantitative estimate of drug-likeness (QED) is 0.919.